The topological polar surface area (TPSA) is 179 Å². The standard InChI is InChI=1S/C20H16N6O.C18H18F3N5O.4H2/c21-7-9-26(12-14-4-2-1-3-5-14)20(27)17-10-15(11-23-17)18-16-6-8-22-19(16)25-13-24-18;19-18(20,21)4-6-26(9-11-1-2-11)17(27)14-7-12(8-23-14)15-13-3-5-22-16(13)25-10-24-15;;;;/h1-6,8,10-11,13,23H,9,12H2,(H,22,24,25);3,5,7-8,10-11,23H,1-2,4,6,9H2,(H,22,24,25);4*1H. The monoisotopic (exact) mass is 741 g/mol. The second-order valence-electron chi connectivity index (χ2n) is 12.9. The predicted molar refractivity (Wildman–Crippen MR) is 202 cm³/mol. The second kappa shape index (κ2) is 15.5. The fraction of sp³-hybridized carbons (Fsp3) is 0.237. The normalized spacial score (nSPS) is 12.6. The van der Waals surface area contributed by atoms with Gasteiger partial charge >= 0.3 is 6.18 Å². The number of H-pyrrole nitrogens is 4. The maximum atomic E-state index is 12.9. The van der Waals surface area contributed by atoms with E-state index in [0.29, 0.717) is 41.6 Å². The Morgan fingerprint density at radius 3 is 1.87 bits per heavy atom. The van der Waals surface area contributed by atoms with Crippen LogP contribution in [-0.2, 0) is 6.54 Å². The highest BCUT2D eigenvalue weighted by Crippen LogP contribution is 2.32. The number of rotatable bonds is 11. The lowest BCUT2D eigenvalue weighted by Gasteiger charge is -2.22. The van der Waals surface area contributed by atoms with Crippen LogP contribution in [0.1, 0.15) is 51.5 Å². The maximum Gasteiger partial charge on any atom is 0.390 e. The van der Waals surface area contributed by atoms with E-state index in [4.69, 9.17) is 5.26 Å². The van der Waals surface area contributed by atoms with E-state index in [1.807, 2.05) is 42.5 Å². The first-order valence-corrected chi connectivity index (χ1v) is 17.2. The van der Waals surface area contributed by atoms with Gasteiger partial charge in [0.15, 0.2) is 0 Å². The Balaban J connectivity index is 0.000000290. The summed E-state index contributed by atoms with van der Waals surface area (Å²) >= 11 is 0. The van der Waals surface area contributed by atoms with Crippen LogP contribution in [0.4, 0.5) is 13.2 Å². The third-order valence-corrected chi connectivity index (χ3v) is 8.97. The first kappa shape index (κ1) is 35.6. The van der Waals surface area contributed by atoms with Crippen molar-refractivity contribution < 1.29 is 28.5 Å². The van der Waals surface area contributed by atoms with Gasteiger partial charge in [0.2, 0.25) is 0 Å². The molecule has 7 aromatic rings. The highest BCUT2D eigenvalue weighted by atomic mass is 19.4. The zero-order valence-electron chi connectivity index (χ0n) is 28.8. The van der Waals surface area contributed by atoms with Crippen LogP contribution in [0.3, 0.4) is 0 Å². The Hall–Kier alpha value is -6.76. The Morgan fingerprint density at radius 1 is 0.796 bits per heavy atom. The number of aromatic nitrogens is 8. The molecule has 0 unspecified atom stereocenters. The van der Waals surface area contributed by atoms with Crippen molar-refractivity contribution in [2.24, 2.45) is 5.92 Å². The molecule has 13 nitrogen and oxygen atoms in total. The minimum absolute atomic E-state index is 0. The molecule has 282 valence electrons. The summed E-state index contributed by atoms with van der Waals surface area (Å²) in [6.07, 6.45) is 6.46. The van der Waals surface area contributed by atoms with Crippen molar-refractivity contribution >= 4 is 33.9 Å². The molecule has 0 bridgehead atoms. The molecule has 8 rings (SSSR count). The van der Waals surface area contributed by atoms with Crippen LogP contribution < -0.4 is 0 Å². The summed E-state index contributed by atoms with van der Waals surface area (Å²) in [7, 11) is 0. The molecule has 1 aliphatic rings. The van der Waals surface area contributed by atoms with Crippen molar-refractivity contribution in [3.63, 3.8) is 0 Å². The van der Waals surface area contributed by atoms with Crippen molar-refractivity contribution in [1.82, 2.24) is 49.7 Å². The van der Waals surface area contributed by atoms with Gasteiger partial charge in [0.1, 0.15) is 41.9 Å². The Morgan fingerprint density at radius 2 is 1.35 bits per heavy atom. The molecule has 6 aromatic heterocycles. The van der Waals surface area contributed by atoms with Crippen LogP contribution in [-0.4, -0.2) is 87.3 Å². The predicted octanol–water partition coefficient (Wildman–Crippen LogP) is 7.86. The molecule has 4 N–H and O–H groups in total. The van der Waals surface area contributed by atoms with Crippen LogP contribution in [0.15, 0.2) is 92.0 Å². The van der Waals surface area contributed by atoms with Gasteiger partial charge in [-0.15, -0.1) is 0 Å². The van der Waals surface area contributed by atoms with E-state index in [-0.39, 0.29) is 30.4 Å². The van der Waals surface area contributed by atoms with Crippen LogP contribution in [0.2, 0.25) is 0 Å². The molecule has 16 heteroatoms. The second-order valence-corrected chi connectivity index (χ2v) is 12.9. The van der Waals surface area contributed by atoms with Gasteiger partial charge < -0.3 is 29.7 Å². The number of amides is 2. The number of hydrogen-bond donors (Lipinski definition) is 4. The van der Waals surface area contributed by atoms with Crippen molar-refractivity contribution in [3.8, 4) is 28.6 Å². The van der Waals surface area contributed by atoms with Crippen molar-refractivity contribution in [2.45, 2.75) is 32.0 Å². The molecule has 1 aromatic carbocycles. The lowest BCUT2D eigenvalue weighted by atomic mass is 10.1. The summed E-state index contributed by atoms with van der Waals surface area (Å²) in [5, 5.41) is 10.8. The number of aromatic amines is 4. The number of halogens is 3. The minimum atomic E-state index is -4.29. The van der Waals surface area contributed by atoms with Crippen molar-refractivity contribution in [3.05, 3.63) is 109 Å². The number of carbonyl (C=O) groups is 2. The average molecular weight is 742 g/mol. The smallest absolute Gasteiger partial charge is 0.357 e. The van der Waals surface area contributed by atoms with E-state index in [2.05, 4.69) is 45.9 Å². The van der Waals surface area contributed by atoms with Gasteiger partial charge in [-0.2, -0.15) is 18.4 Å². The third-order valence-electron chi connectivity index (χ3n) is 8.97. The number of carbonyl (C=O) groups excluding carboxylic acids is 2. The largest absolute Gasteiger partial charge is 0.390 e. The lowest BCUT2D eigenvalue weighted by molar-refractivity contribution is -0.136. The Labute approximate surface area is 312 Å². The molecule has 1 saturated carbocycles. The fourth-order valence-electron chi connectivity index (χ4n) is 6.09. The van der Waals surface area contributed by atoms with Crippen LogP contribution in [0.25, 0.3) is 44.6 Å². The molecule has 0 saturated heterocycles. The zero-order chi connectivity index (χ0) is 37.7. The Kier molecular flexibility index (Phi) is 10.2. The lowest BCUT2D eigenvalue weighted by Crippen LogP contribution is -2.36. The van der Waals surface area contributed by atoms with Gasteiger partial charge in [-0.3, -0.25) is 9.59 Å². The van der Waals surface area contributed by atoms with Gasteiger partial charge in [0.25, 0.3) is 11.8 Å². The first-order chi connectivity index (χ1) is 26.2. The van der Waals surface area contributed by atoms with Gasteiger partial charge in [0, 0.05) is 72.0 Å². The van der Waals surface area contributed by atoms with Gasteiger partial charge in [-0.25, -0.2) is 19.9 Å². The molecular weight excluding hydrogens is 699 g/mol. The fourth-order valence-corrected chi connectivity index (χ4v) is 6.09. The quantitative estimate of drug-likeness (QED) is 0.0975. The summed E-state index contributed by atoms with van der Waals surface area (Å²) in [4.78, 5) is 57.3. The van der Waals surface area contributed by atoms with Crippen LogP contribution in [0.5, 0.6) is 0 Å². The highest BCUT2D eigenvalue weighted by molar-refractivity contribution is 5.97. The average Bonchev–Trinajstić information content (AvgIpc) is 3.68. The van der Waals surface area contributed by atoms with E-state index in [0.717, 1.165) is 46.1 Å². The molecule has 2 amide bonds. The number of nitrogens with zero attached hydrogens (tertiary/aromatic N) is 7. The minimum Gasteiger partial charge on any atom is -0.357 e. The van der Waals surface area contributed by atoms with E-state index in [9.17, 15) is 22.8 Å². The summed E-state index contributed by atoms with van der Waals surface area (Å²) in [5.74, 6) is -0.347. The number of benzene rings is 1. The first-order valence-electron chi connectivity index (χ1n) is 17.2. The Bertz CT molecular complexity index is 2440. The SMILES string of the molecule is N#CCN(Cc1ccccc1)C(=O)c1cc(-c2ncnc3[nH]ccc23)c[nH]1.O=C(c1cc(-c2ncnc3[nH]ccc23)c[nH]1)N(CCC(F)(F)F)CC1CC1.[HH].[HH].[HH].[HH]. The van der Waals surface area contributed by atoms with E-state index < -0.39 is 18.5 Å². The number of hydrogen-bond acceptors (Lipinski definition) is 7. The summed E-state index contributed by atoms with van der Waals surface area (Å²) in [5.41, 5.74) is 5.94. The number of nitrogens with one attached hydrogen (secondary N) is 4. The van der Waals surface area contributed by atoms with Gasteiger partial charge in [-0.1, -0.05) is 30.3 Å². The molecule has 0 aliphatic heterocycles. The molecule has 54 heavy (non-hydrogen) atoms. The zero-order valence-corrected chi connectivity index (χ0v) is 28.8. The third kappa shape index (κ3) is 8.31. The summed E-state index contributed by atoms with van der Waals surface area (Å²) < 4.78 is 37.8. The molecule has 6 heterocycles. The van der Waals surface area contributed by atoms with Gasteiger partial charge in [0.05, 0.1) is 23.9 Å². The number of fused-ring (bicyclic) bond motifs is 2. The van der Waals surface area contributed by atoms with Crippen LogP contribution in [0, 0.1) is 17.2 Å². The highest BCUT2D eigenvalue weighted by Gasteiger charge is 2.33. The summed E-state index contributed by atoms with van der Waals surface area (Å²) in [6.45, 7) is 0.413. The molecular formula is C38H42F3N11O2. The molecule has 0 atom stereocenters. The summed E-state index contributed by atoms with van der Waals surface area (Å²) in [6, 6.07) is 18.8. The van der Waals surface area contributed by atoms with Crippen LogP contribution >= 0.6 is 0 Å². The molecule has 1 fully saturated rings. The van der Waals surface area contributed by atoms with Crippen molar-refractivity contribution in [1.29, 1.82) is 5.26 Å². The maximum absolute atomic E-state index is 12.9. The molecule has 0 radical (unpaired) electrons. The van der Waals surface area contributed by atoms with Gasteiger partial charge in [-0.05, 0) is 48.6 Å². The number of nitriles is 1. The molecule has 0 spiro atoms. The molecule has 1 aliphatic carbocycles. The van der Waals surface area contributed by atoms with Crippen molar-refractivity contribution in [2.75, 3.05) is 19.6 Å². The van der Waals surface area contributed by atoms with E-state index in [1.165, 1.54) is 22.5 Å². The van der Waals surface area contributed by atoms with E-state index >= 15 is 0 Å². The number of alkyl halides is 3. The van der Waals surface area contributed by atoms with E-state index in [1.54, 1.807) is 36.9 Å².